The molecule has 0 aliphatic carbocycles. The zero-order valence-electron chi connectivity index (χ0n) is 17.4. The highest BCUT2D eigenvalue weighted by molar-refractivity contribution is 7.93. The van der Waals surface area contributed by atoms with E-state index in [2.05, 4.69) is 4.72 Å². The maximum atomic E-state index is 13.2. The number of sulfonamides is 1. The Morgan fingerprint density at radius 3 is 2.29 bits per heavy atom. The highest BCUT2D eigenvalue weighted by atomic mass is 32.2. The van der Waals surface area contributed by atoms with E-state index in [1.54, 1.807) is 30.3 Å². The summed E-state index contributed by atoms with van der Waals surface area (Å²) in [5.41, 5.74) is 2.46. The summed E-state index contributed by atoms with van der Waals surface area (Å²) in [6.45, 7) is 0.410. The molecule has 0 spiro atoms. The summed E-state index contributed by atoms with van der Waals surface area (Å²) >= 11 is 0. The summed E-state index contributed by atoms with van der Waals surface area (Å²) in [7, 11) is 0.0889. The van der Waals surface area contributed by atoms with Crippen molar-refractivity contribution >= 4 is 32.2 Å². The Morgan fingerprint density at radius 1 is 0.806 bits per heavy atom. The molecule has 0 amide bonds. The van der Waals surface area contributed by atoms with Gasteiger partial charge in [-0.15, -0.1) is 0 Å². The van der Waals surface area contributed by atoms with Crippen LogP contribution in [0.25, 0.3) is 10.8 Å². The van der Waals surface area contributed by atoms with E-state index in [4.69, 9.17) is 4.74 Å². The van der Waals surface area contributed by atoms with Gasteiger partial charge in [-0.3, -0.25) is 4.72 Å². The molecule has 0 atom stereocenters. The molecule has 158 valence electrons. The van der Waals surface area contributed by atoms with E-state index >= 15 is 0 Å². The molecule has 0 bridgehead atoms. The van der Waals surface area contributed by atoms with Crippen LogP contribution < -0.4 is 14.4 Å². The highest BCUT2D eigenvalue weighted by Gasteiger charge is 2.19. The lowest BCUT2D eigenvalue weighted by atomic mass is 10.1. The summed E-state index contributed by atoms with van der Waals surface area (Å²) in [4.78, 5) is 2.21. The van der Waals surface area contributed by atoms with Crippen molar-refractivity contribution in [1.29, 1.82) is 0 Å². The van der Waals surface area contributed by atoms with Crippen LogP contribution in [0.5, 0.6) is 5.75 Å². The summed E-state index contributed by atoms with van der Waals surface area (Å²) in [5.74, 6) is 0.594. The van der Waals surface area contributed by atoms with Crippen molar-refractivity contribution in [3.8, 4) is 5.75 Å². The van der Waals surface area contributed by atoms with E-state index in [1.807, 2.05) is 79.7 Å². The van der Waals surface area contributed by atoms with E-state index < -0.39 is 10.0 Å². The summed E-state index contributed by atoms with van der Waals surface area (Å²) in [6.07, 6.45) is 0. The summed E-state index contributed by atoms with van der Waals surface area (Å²) in [5, 5.41) is 1.56. The lowest BCUT2D eigenvalue weighted by Gasteiger charge is -2.17. The Bertz CT molecular complexity index is 1300. The number of nitrogens with one attached hydrogen (secondary N) is 1. The molecule has 31 heavy (non-hydrogen) atoms. The number of fused-ring (bicyclic) bond motifs is 1. The molecule has 0 radical (unpaired) electrons. The van der Waals surface area contributed by atoms with Crippen LogP contribution in [0.3, 0.4) is 0 Å². The first-order chi connectivity index (χ1) is 14.9. The van der Waals surface area contributed by atoms with Crippen molar-refractivity contribution in [3.63, 3.8) is 0 Å². The van der Waals surface area contributed by atoms with Crippen LogP contribution in [0.4, 0.5) is 11.4 Å². The van der Waals surface area contributed by atoms with Gasteiger partial charge in [0.05, 0.1) is 10.6 Å². The molecule has 0 aliphatic rings. The minimum atomic E-state index is -3.79. The van der Waals surface area contributed by atoms with Crippen molar-refractivity contribution in [2.45, 2.75) is 11.5 Å². The van der Waals surface area contributed by atoms with Crippen molar-refractivity contribution < 1.29 is 13.2 Å². The molecule has 0 heterocycles. The average molecular weight is 433 g/mol. The van der Waals surface area contributed by atoms with Gasteiger partial charge in [-0.05, 0) is 29.8 Å². The van der Waals surface area contributed by atoms with Gasteiger partial charge >= 0.3 is 0 Å². The van der Waals surface area contributed by atoms with E-state index in [0.717, 1.165) is 16.6 Å². The third-order valence-electron chi connectivity index (χ3n) is 4.96. The second-order valence-electron chi connectivity index (χ2n) is 7.43. The van der Waals surface area contributed by atoms with Crippen LogP contribution in [0.2, 0.25) is 0 Å². The molecular weight excluding hydrogens is 408 g/mol. The number of hydrogen-bond donors (Lipinski definition) is 1. The number of hydrogen-bond acceptors (Lipinski definition) is 4. The third-order valence-corrected chi connectivity index (χ3v) is 6.40. The Kier molecular flexibility index (Phi) is 5.82. The summed E-state index contributed by atoms with van der Waals surface area (Å²) < 4.78 is 35.0. The van der Waals surface area contributed by atoms with Crippen LogP contribution in [0, 0.1) is 0 Å². The Hall–Kier alpha value is -3.51. The fourth-order valence-electron chi connectivity index (χ4n) is 3.49. The Morgan fingerprint density at radius 2 is 1.52 bits per heavy atom. The Labute approximate surface area is 183 Å². The second-order valence-corrected chi connectivity index (χ2v) is 9.08. The fourth-order valence-corrected chi connectivity index (χ4v) is 4.76. The lowest BCUT2D eigenvalue weighted by Crippen LogP contribution is -2.14. The van der Waals surface area contributed by atoms with Gasteiger partial charge < -0.3 is 9.64 Å². The number of anilines is 2. The molecule has 5 nitrogen and oxygen atoms in total. The van der Waals surface area contributed by atoms with Gasteiger partial charge in [0.2, 0.25) is 0 Å². The largest absolute Gasteiger partial charge is 0.489 e. The fraction of sp³-hybridized carbons (Fsp3) is 0.120. The van der Waals surface area contributed by atoms with E-state index in [0.29, 0.717) is 23.4 Å². The van der Waals surface area contributed by atoms with E-state index in [-0.39, 0.29) is 4.90 Å². The van der Waals surface area contributed by atoms with Crippen molar-refractivity contribution in [1.82, 2.24) is 0 Å². The van der Waals surface area contributed by atoms with E-state index in [1.165, 1.54) is 0 Å². The topological polar surface area (TPSA) is 58.6 Å². The molecule has 6 heteroatoms. The van der Waals surface area contributed by atoms with Gasteiger partial charge in [-0.1, -0.05) is 60.7 Å². The predicted octanol–water partition coefficient (Wildman–Crippen LogP) is 5.29. The molecule has 0 aromatic heterocycles. The number of ether oxygens (including phenoxy) is 1. The smallest absolute Gasteiger partial charge is 0.262 e. The SMILES string of the molecule is CN(C)c1cccc2c(S(=O)(=O)Nc3cccc(OCc4ccccc4)c3)cccc12. The van der Waals surface area contributed by atoms with Gasteiger partial charge in [-0.25, -0.2) is 8.42 Å². The van der Waals surface area contributed by atoms with Crippen LogP contribution in [0.1, 0.15) is 5.56 Å². The zero-order chi connectivity index (χ0) is 21.8. The van der Waals surface area contributed by atoms with Crippen molar-refractivity contribution in [3.05, 3.63) is 96.6 Å². The lowest BCUT2D eigenvalue weighted by molar-refractivity contribution is 0.306. The van der Waals surface area contributed by atoms with Crippen LogP contribution >= 0.6 is 0 Å². The molecule has 0 saturated carbocycles. The van der Waals surface area contributed by atoms with Gasteiger partial charge in [0, 0.05) is 36.6 Å². The minimum absolute atomic E-state index is 0.240. The molecule has 0 unspecified atom stereocenters. The van der Waals surface area contributed by atoms with E-state index in [9.17, 15) is 8.42 Å². The maximum absolute atomic E-state index is 13.2. The van der Waals surface area contributed by atoms with Gasteiger partial charge in [0.1, 0.15) is 12.4 Å². The zero-order valence-corrected chi connectivity index (χ0v) is 18.3. The quantitative estimate of drug-likeness (QED) is 0.431. The Balaban J connectivity index is 1.60. The minimum Gasteiger partial charge on any atom is -0.489 e. The highest BCUT2D eigenvalue weighted by Crippen LogP contribution is 2.31. The van der Waals surface area contributed by atoms with Crippen LogP contribution in [-0.2, 0) is 16.6 Å². The first-order valence-corrected chi connectivity index (χ1v) is 11.4. The van der Waals surface area contributed by atoms with Gasteiger partial charge in [0.25, 0.3) is 10.0 Å². The number of nitrogens with zero attached hydrogens (tertiary/aromatic N) is 1. The molecule has 4 aromatic rings. The van der Waals surface area contributed by atoms with Gasteiger partial charge in [-0.2, -0.15) is 0 Å². The molecule has 4 rings (SSSR count). The number of benzene rings is 4. The number of rotatable bonds is 7. The molecule has 0 saturated heterocycles. The molecule has 0 aliphatic heterocycles. The second kappa shape index (κ2) is 8.70. The molecule has 4 aromatic carbocycles. The summed E-state index contributed by atoms with van der Waals surface area (Å²) in [6, 6.07) is 27.8. The standard InChI is InChI=1S/C25H24N2O3S/c1-27(2)24-15-7-14-23-22(24)13-8-16-25(23)31(28,29)26-20-11-6-12-21(17-20)30-18-19-9-4-3-5-10-19/h3-17,26H,18H2,1-2H3. The third kappa shape index (κ3) is 4.64. The van der Waals surface area contributed by atoms with Crippen molar-refractivity contribution in [2.24, 2.45) is 0 Å². The van der Waals surface area contributed by atoms with Crippen molar-refractivity contribution in [2.75, 3.05) is 23.7 Å². The maximum Gasteiger partial charge on any atom is 0.262 e. The average Bonchev–Trinajstić information content (AvgIpc) is 2.77. The normalized spacial score (nSPS) is 11.3. The predicted molar refractivity (Wildman–Crippen MR) is 126 cm³/mol. The van der Waals surface area contributed by atoms with Gasteiger partial charge in [0.15, 0.2) is 0 Å². The first-order valence-electron chi connectivity index (χ1n) is 9.93. The molecular formula is C25H24N2O3S. The molecule has 0 fully saturated rings. The first kappa shape index (κ1) is 20.8. The van der Waals surface area contributed by atoms with Crippen LogP contribution in [-0.4, -0.2) is 22.5 Å². The monoisotopic (exact) mass is 432 g/mol. The molecule has 1 N–H and O–H groups in total. The van der Waals surface area contributed by atoms with Crippen LogP contribution in [0.15, 0.2) is 95.9 Å².